The highest BCUT2D eigenvalue weighted by molar-refractivity contribution is 5.77. The van der Waals surface area contributed by atoms with E-state index in [1.54, 1.807) is 0 Å². The van der Waals surface area contributed by atoms with Crippen molar-refractivity contribution in [2.75, 3.05) is 26.3 Å². The summed E-state index contributed by atoms with van der Waals surface area (Å²) in [4.78, 5) is 18.5. The molecular formula is C18H29N3O2. The van der Waals surface area contributed by atoms with Crippen molar-refractivity contribution in [2.45, 2.75) is 58.4 Å². The smallest absolute Gasteiger partial charge is 0.248 e. The number of imidazole rings is 1. The molecule has 2 aliphatic rings. The topological polar surface area (TPSA) is 47.4 Å². The lowest BCUT2D eigenvalue weighted by Gasteiger charge is -2.32. The molecule has 0 N–H and O–H groups in total. The summed E-state index contributed by atoms with van der Waals surface area (Å²) in [6.45, 7) is 7.77. The lowest BCUT2D eigenvalue weighted by Crippen LogP contribution is -2.40. The number of carbonyl (C=O) groups is 1. The molecule has 1 aliphatic heterocycles. The van der Waals surface area contributed by atoms with Gasteiger partial charge < -0.3 is 14.2 Å². The van der Waals surface area contributed by atoms with Crippen molar-refractivity contribution in [3.8, 4) is 0 Å². The average molecular weight is 319 g/mol. The molecule has 128 valence electrons. The van der Waals surface area contributed by atoms with Crippen molar-refractivity contribution in [2.24, 2.45) is 5.92 Å². The molecular weight excluding hydrogens is 290 g/mol. The summed E-state index contributed by atoms with van der Waals surface area (Å²) >= 11 is 0. The molecule has 5 nitrogen and oxygen atoms in total. The van der Waals surface area contributed by atoms with Gasteiger partial charge in [-0.15, -0.1) is 0 Å². The van der Waals surface area contributed by atoms with Gasteiger partial charge in [0.2, 0.25) is 5.91 Å². The quantitative estimate of drug-likeness (QED) is 0.776. The van der Waals surface area contributed by atoms with Gasteiger partial charge in [0.1, 0.15) is 12.4 Å². The van der Waals surface area contributed by atoms with E-state index < -0.39 is 0 Å². The molecule has 2 fully saturated rings. The fourth-order valence-corrected chi connectivity index (χ4v) is 3.50. The first-order chi connectivity index (χ1) is 11.2. The first kappa shape index (κ1) is 16.5. The fourth-order valence-electron chi connectivity index (χ4n) is 3.50. The molecule has 1 aromatic heterocycles. The van der Waals surface area contributed by atoms with Crippen LogP contribution >= 0.6 is 0 Å². The number of amides is 1. The first-order valence-corrected chi connectivity index (χ1v) is 9.06. The van der Waals surface area contributed by atoms with Crippen molar-refractivity contribution in [3.63, 3.8) is 0 Å². The molecule has 0 atom stereocenters. The van der Waals surface area contributed by atoms with Crippen LogP contribution in [0.25, 0.3) is 0 Å². The Kier molecular flexibility index (Phi) is 5.36. The van der Waals surface area contributed by atoms with E-state index in [2.05, 4.69) is 16.5 Å². The number of carbonyl (C=O) groups excluding carboxylic acids is 1. The van der Waals surface area contributed by atoms with E-state index in [9.17, 15) is 4.79 Å². The molecule has 23 heavy (non-hydrogen) atoms. The van der Waals surface area contributed by atoms with Gasteiger partial charge in [0.05, 0.1) is 0 Å². The number of likely N-dealkylation sites (tertiary alicyclic amines) is 1. The van der Waals surface area contributed by atoms with Gasteiger partial charge in [0.15, 0.2) is 0 Å². The Balaban J connectivity index is 1.44. The van der Waals surface area contributed by atoms with Crippen LogP contribution in [0.5, 0.6) is 0 Å². The van der Waals surface area contributed by atoms with Crippen molar-refractivity contribution in [1.29, 1.82) is 0 Å². The predicted octanol–water partition coefficient (Wildman–Crippen LogP) is 2.73. The zero-order valence-electron chi connectivity index (χ0n) is 14.5. The fraction of sp³-hybridized carbons (Fsp3) is 0.778. The van der Waals surface area contributed by atoms with E-state index in [0.29, 0.717) is 12.5 Å². The molecule has 0 bridgehead atoms. The Morgan fingerprint density at radius 3 is 2.70 bits per heavy atom. The van der Waals surface area contributed by atoms with Crippen LogP contribution in [0.1, 0.15) is 56.5 Å². The van der Waals surface area contributed by atoms with Gasteiger partial charge in [-0.05, 0) is 51.9 Å². The summed E-state index contributed by atoms with van der Waals surface area (Å²) < 4.78 is 7.65. The summed E-state index contributed by atoms with van der Waals surface area (Å²) in [5, 5.41) is 0. The second-order valence-corrected chi connectivity index (χ2v) is 6.93. The summed E-state index contributed by atoms with van der Waals surface area (Å²) in [6, 6.07) is 0. The monoisotopic (exact) mass is 319 g/mol. The number of hydrogen-bond acceptors (Lipinski definition) is 3. The Bertz CT molecular complexity index is 528. The molecule has 1 saturated carbocycles. The second kappa shape index (κ2) is 7.47. The van der Waals surface area contributed by atoms with Gasteiger partial charge >= 0.3 is 0 Å². The molecule has 1 saturated heterocycles. The Hall–Kier alpha value is -1.36. The third kappa shape index (κ3) is 4.14. The molecule has 5 heteroatoms. The van der Waals surface area contributed by atoms with E-state index in [4.69, 9.17) is 4.74 Å². The van der Waals surface area contributed by atoms with Crippen LogP contribution in [0.4, 0.5) is 0 Å². The molecule has 3 rings (SSSR count). The summed E-state index contributed by atoms with van der Waals surface area (Å²) in [7, 11) is 0. The van der Waals surface area contributed by atoms with Gasteiger partial charge in [-0.2, -0.15) is 0 Å². The number of aromatic nitrogens is 2. The van der Waals surface area contributed by atoms with Gasteiger partial charge in [0.25, 0.3) is 0 Å². The standard InChI is InChI=1S/C18H29N3O2/c1-3-23-13-17(22)20-9-6-15(7-10-20)8-11-21-14(2)12-19-18(21)16-4-5-16/h12,15-16H,3-11,13H2,1-2H3. The Morgan fingerprint density at radius 1 is 1.30 bits per heavy atom. The van der Waals surface area contributed by atoms with Crippen LogP contribution in [0.15, 0.2) is 6.20 Å². The lowest BCUT2D eigenvalue weighted by atomic mass is 9.93. The van der Waals surface area contributed by atoms with Crippen LogP contribution in [-0.4, -0.2) is 46.7 Å². The predicted molar refractivity (Wildman–Crippen MR) is 89.4 cm³/mol. The lowest BCUT2D eigenvalue weighted by molar-refractivity contribution is -0.137. The number of ether oxygens (including phenoxy) is 1. The van der Waals surface area contributed by atoms with Gasteiger partial charge in [-0.25, -0.2) is 4.98 Å². The number of piperidine rings is 1. The van der Waals surface area contributed by atoms with E-state index in [1.807, 2.05) is 18.0 Å². The minimum atomic E-state index is 0.145. The number of rotatable bonds is 7. The average Bonchev–Trinajstić information content (AvgIpc) is 3.35. The molecule has 2 heterocycles. The van der Waals surface area contributed by atoms with E-state index >= 15 is 0 Å². The maximum atomic E-state index is 12.0. The highest BCUT2D eigenvalue weighted by atomic mass is 16.5. The SMILES string of the molecule is CCOCC(=O)N1CCC(CCn2c(C)cnc2C2CC2)CC1. The van der Waals surface area contributed by atoms with Crippen LogP contribution in [-0.2, 0) is 16.1 Å². The van der Waals surface area contributed by atoms with Crippen molar-refractivity contribution >= 4 is 5.91 Å². The molecule has 1 amide bonds. The number of hydrogen-bond donors (Lipinski definition) is 0. The van der Waals surface area contributed by atoms with E-state index in [-0.39, 0.29) is 12.5 Å². The van der Waals surface area contributed by atoms with Crippen LogP contribution in [0, 0.1) is 12.8 Å². The molecule has 1 aromatic rings. The number of nitrogens with zero attached hydrogens (tertiary/aromatic N) is 3. The van der Waals surface area contributed by atoms with Crippen LogP contribution < -0.4 is 0 Å². The van der Waals surface area contributed by atoms with Crippen LogP contribution in [0.2, 0.25) is 0 Å². The van der Waals surface area contributed by atoms with E-state index in [0.717, 1.165) is 38.4 Å². The third-order valence-electron chi connectivity index (χ3n) is 5.19. The molecule has 0 aromatic carbocycles. The third-order valence-corrected chi connectivity index (χ3v) is 5.19. The zero-order chi connectivity index (χ0) is 16.2. The number of aryl methyl sites for hydroxylation is 1. The summed E-state index contributed by atoms with van der Waals surface area (Å²) in [6.07, 6.45) is 8.05. The van der Waals surface area contributed by atoms with E-state index in [1.165, 1.54) is 30.8 Å². The minimum Gasteiger partial charge on any atom is -0.372 e. The molecule has 0 radical (unpaired) electrons. The van der Waals surface area contributed by atoms with Crippen molar-refractivity contribution in [3.05, 3.63) is 17.7 Å². The van der Waals surface area contributed by atoms with Crippen LogP contribution in [0.3, 0.4) is 0 Å². The highest BCUT2D eigenvalue weighted by Gasteiger charge is 2.29. The maximum Gasteiger partial charge on any atom is 0.248 e. The van der Waals surface area contributed by atoms with Gasteiger partial charge in [-0.1, -0.05) is 0 Å². The second-order valence-electron chi connectivity index (χ2n) is 6.93. The van der Waals surface area contributed by atoms with Gasteiger partial charge in [-0.3, -0.25) is 4.79 Å². The normalized spacial score (nSPS) is 19.3. The molecule has 0 unspecified atom stereocenters. The highest BCUT2D eigenvalue weighted by Crippen LogP contribution is 2.39. The van der Waals surface area contributed by atoms with Crippen molar-refractivity contribution in [1.82, 2.24) is 14.5 Å². The molecule has 1 aliphatic carbocycles. The Morgan fingerprint density at radius 2 is 2.04 bits per heavy atom. The summed E-state index contributed by atoms with van der Waals surface area (Å²) in [5.41, 5.74) is 1.29. The Labute approximate surface area is 139 Å². The first-order valence-electron chi connectivity index (χ1n) is 9.06. The largest absolute Gasteiger partial charge is 0.372 e. The zero-order valence-corrected chi connectivity index (χ0v) is 14.5. The van der Waals surface area contributed by atoms with Gasteiger partial charge in [0, 0.05) is 44.0 Å². The maximum absolute atomic E-state index is 12.0. The summed E-state index contributed by atoms with van der Waals surface area (Å²) in [5.74, 6) is 2.88. The molecule has 0 spiro atoms. The van der Waals surface area contributed by atoms with Crippen molar-refractivity contribution < 1.29 is 9.53 Å². The minimum absolute atomic E-state index is 0.145.